The van der Waals surface area contributed by atoms with Crippen molar-refractivity contribution >= 4 is 68.8 Å². The molecule has 0 aliphatic carbocycles. The van der Waals surface area contributed by atoms with E-state index in [2.05, 4.69) is 31.8 Å². The molecule has 34 heavy (non-hydrogen) atoms. The maximum absolute atomic E-state index is 12.4. The van der Waals surface area contributed by atoms with Crippen LogP contribution in [0.25, 0.3) is 0 Å². The molecule has 0 aliphatic heterocycles. The number of carbonyl (C=O) groups is 3. The first-order chi connectivity index (χ1) is 16.3. The van der Waals surface area contributed by atoms with Gasteiger partial charge in [0.1, 0.15) is 0 Å². The molecule has 11 heteroatoms. The zero-order valence-corrected chi connectivity index (χ0v) is 20.6. The Morgan fingerprint density at radius 2 is 1.74 bits per heavy atom. The van der Waals surface area contributed by atoms with Crippen LogP contribution in [0.4, 0.5) is 5.69 Å². The third-order valence-corrected chi connectivity index (χ3v) is 5.45. The smallest absolute Gasteiger partial charge is 0.343 e. The van der Waals surface area contributed by atoms with Gasteiger partial charge in [0.15, 0.2) is 11.5 Å². The second-order valence-corrected chi connectivity index (χ2v) is 8.32. The van der Waals surface area contributed by atoms with E-state index in [1.54, 1.807) is 36.4 Å². The van der Waals surface area contributed by atoms with Crippen molar-refractivity contribution < 1.29 is 23.9 Å². The van der Waals surface area contributed by atoms with Gasteiger partial charge < -0.3 is 14.8 Å². The summed E-state index contributed by atoms with van der Waals surface area (Å²) in [5.41, 5.74) is 3.30. The van der Waals surface area contributed by atoms with Crippen LogP contribution in [0.5, 0.6) is 11.5 Å². The van der Waals surface area contributed by atoms with Crippen LogP contribution in [0.15, 0.2) is 70.2 Å². The Labute approximate surface area is 213 Å². The predicted octanol–water partition coefficient (Wildman–Crippen LogP) is 5.07. The Bertz CT molecular complexity index is 1280. The summed E-state index contributed by atoms with van der Waals surface area (Å²) in [7, 11) is 1.42. The monoisotopic (exact) mass is 563 g/mol. The number of halogens is 3. The topological polar surface area (TPSA) is 106 Å². The number of ether oxygens (including phenoxy) is 2. The molecule has 3 aromatic rings. The van der Waals surface area contributed by atoms with E-state index in [1.165, 1.54) is 37.6 Å². The summed E-state index contributed by atoms with van der Waals surface area (Å²) in [6.45, 7) is 0. The lowest BCUT2D eigenvalue weighted by Gasteiger charge is -2.10. The van der Waals surface area contributed by atoms with Gasteiger partial charge in [-0.15, -0.1) is 0 Å². The molecule has 8 nitrogen and oxygen atoms in total. The van der Waals surface area contributed by atoms with Gasteiger partial charge in [-0.2, -0.15) is 5.10 Å². The third kappa shape index (κ3) is 6.80. The summed E-state index contributed by atoms with van der Waals surface area (Å²) < 4.78 is 11.4. The molecule has 0 bridgehead atoms. The van der Waals surface area contributed by atoms with Gasteiger partial charge in [-0.05, 0) is 60.2 Å². The number of esters is 1. The van der Waals surface area contributed by atoms with Crippen molar-refractivity contribution in [2.45, 2.75) is 0 Å². The second kappa shape index (κ2) is 11.6. The number of hydrazone groups is 1. The van der Waals surface area contributed by atoms with E-state index in [4.69, 9.17) is 32.7 Å². The number of nitrogens with zero attached hydrogens (tertiary/aromatic N) is 1. The van der Waals surface area contributed by atoms with Crippen molar-refractivity contribution in [2.24, 2.45) is 5.10 Å². The Hall–Kier alpha value is -3.40. The molecule has 0 radical (unpaired) electrons. The first-order valence-corrected chi connectivity index (χ1v) is 11.1. The van der Waals surface area contributed by atoms with Gasteiger partial charge in [-0.3, -0.25) is 9.59 Å². The molecule has 0 atom stereocenters. The van der Waals surface area contributed by atoms with E-state index >= 15 is 0 Å². The van der Waals surface area contributed by atoms with Crippen LogP contribution in [-0.2, 0) is 9.59 Å². The fourth-order valence-electron chi connectivity index (χ4n) is 2.60. The summed E-state index contributed by atoms with van der Waals surface area (Å²) >= 11 is 15.0. The third-order valence-electron chi connectivity index (χ3n) is 4.21. The van der Waals surface area contributed by atoms with E-state index in [1.807, 2.05) is 0 Å². The molecule has 0 saturated heterocycles. The minimum Gasteiger partial charge on any atom is -0.493 e. The molecular formula is C23H16BrCl2N3O5. The summed E-state index contributed by atoms with van der Waals surface area (Å²) in [6, 6.07) is 15.8. The molecule has 0 saturated carbocycles. The minimum atomic E-state index is -0.992. The summed E-state index contributed by atoms with van der Waals surface area (Å²) in [5.74, 6) is -2.01. The highest BCUT2D eigenvalue weighted by atomic mass is 79.9. The lowest BCUT2D eigenvalue weighted by atomic mass is 10.2. The van der Waals surface area contributed by atoms with E-state index < -0.39 is 17.8 Å². The molecule has 0 spiro atoms. The zero-order chi connectivity index (χ0) is 24.7. The second-order valence-electron chi connectivity index (χ2n) is 6.59. The minimum absolute atomic E-state index is 0.203. The van der Waals surface area contributed by atoms with Gasteiger partial charge in [0.2, 0.25) is 0 Å². The maximum atomic E-state index is 12.4. The number of anilines is 1. The molecule has 2 amide bonds. The first kappa shape index (κ1) is 25.2. The van der Waals surface area contributed by atoms with Crippen LogP contribution in [0.2, 0.25) is 10.0 Å². The van der Waals surface area contributed by atoms with Crippen LogP contribution >= 0.6 is 39.1 Å². The van der Waals surface area contributed by atoms with Crippen molar-refractivity contribution in [1.82, 2.24) is 5.43 Å². The molecule has 3 rings (SSSR count). The molecule has 0 unspecified atom stereocenters. The van der Waals surface area contributed by atoms with Crippen molar-refractivity contribution in [3.8, 4) is 11.5 Å². The zero-order valence-electron chi connectivity index (χ0n) is 17.5. The Kier molecular flexibility index (Phi) is 8.64. The van der Waals surface area contributed by atoms with Crippen LogP contribution in [0.3, 0.4) is 0 Å². The average molecular weight is 565 g/mol. The molecule has 0 aliphatic rings. The number of hydrogen-bond donors (Lipinski definition) is 2. The van der Waals surface area contributed by atoms with Crippen molar-refractivity contribution in [3.63, 3.8) is 0 Å². The summed E-state index contributed by atoms with van der Waals surface area (Å²) in [6.07, 6.45) is 1.30. The average Bonchev–Trinajstić information content (AvgIpc) is 2.82. The number of amides is 2. The van der Waals surface area contributed by atoms with E-state index in [0.717, 1.165) is 4.47 Å². The molecule has 174 valence electrons. The highest BCUT2D eigenvalue weighted by Gasteiger charge is 2.15. The number of methoxy groups -OCH3 is 1. The largest absolute Gasteiger partial charge is 0.493 e. The molecule has 0 fully saturated rings. The van der Waals surface area contributed by atoms with Gasteiger partial charge in [0.25, 0.3) is 0 Å². The van der Waals surface area contributed by atoms with Crippen molar-refractivity contribution in [2.75, 3.05) is 12.4 Å². The highest BCUT2D eigenvalue weighted by Crippen LogP contribution is 2.29. The quantitative estimate of drug-likeness (QED) is 0.143. The lowest BCUT2D eigenvalue weighted by molar-refractivity contribution is -0.136. The van der Waals surface area contributed by atoms with Crippen LogP contribution in [0.1, 0.15) is 15.9 Å². The predicted molar refractivity (Wildman–Crippen MR) is 133 cm³/mol. The van der Waals surface area contributed by atoms with Crippen LogP contribution < -0.4 is 20.2 Å². The Morgan fingerprint density at radius 1 is 0.941 bits per heavy atom. The standard InChI is InChI=1S/C23H16BrCl2N3O5/c1-33-20-9-13(5-8-19(20)34-23(32)14-3-2-4-15(24)10-14)12-27-29-22(31)21(30)28-16-6-7-17(25)18(26)11-16/h2-12H,1H3,(H,28,30)(H,29,31)/b27-12-. The van der Waals surface area contributed by atoms with Crippen LogP contribution in [-0.4, -0.2) is 31.1 Å². The fraction of sp³-hybridized carbons (Fsp3) is 0.0435. The molecule has 0 aromatic heterocycles. The van der Waals surface area contributed by atoms with Gasteiger partial charge in [0, 0.05) is 10.2 Å². The first-order valence-electron chi connectivity index (χ1n) is 9.52. The fourth-order valence-corrected chi connectivity index (χ4v) is 3.30. The number of carbonyl (C=O) groups excluding carboxylic acids is 3. The number of hydrogen-bond acceptors (Lipinski definition) is 6. The molecular weight excluding hydrogens is 549 g/mol. The Balaban J connectivity index is 1.61. The van der Waals surface area contributed by atoms with Crippen molar-refractivity contribution in [3.05, 3.63) is 86.3 Å². The molecule has 2 N–H and O–H groups in total. The highest BCUT2D eigenvalue weighted by molar-refractivity contribution is 9.10. The Morgan fingerprint density at radius 3 is 2.44 bits per heavy atom. The number of nitrogens with one attached hydrogen (secondary N) is 2. The maximum Gasteiger partial charge on any atom is 0.343 e. The van der Waals surface area contributed by atoms with E-state index in [-0.39, 0.29) is 16.5 Å². The van der Waals surface area contributed by atoms with Gasteiger partial charge in [0.05, 0.1) is 28.9 Å². The SMILES string of the molecule is COc1cc(/C=N\NC(=O)C(=O)Nc2ccc(Cl)c(Cl)c2)ccc1OC(=O)c1cccc(Br)c1. The number of rotatable bonds is 6. The van der Waals surface area contributed by atoms with Crippen molar-refractivity contribution in [1.29, 1.82) is 0 Å². The normalized spacial score (nSPS) is 10.6. The van der Waals surface area contributed by atoms with Crippen LogP contribution in [0, 0.1) is 0 Å². The number of benzene rings is 3. The van der Waals surface area contributed by atoms with E-state index in [0.29, 0.717) is 21.8 Å². The molecule has 0 heterocycles. The molecule has 3 aromatic carbocycles. The van der Waals surface area contributed by atoms with Gasteiger partial charge in [-0.1, -0.05) is 45.2 Å². The summed E-state index contributed by atoms with van der Waals surface area (Å²) in [5, 5.41) is 6.69. The van der Waals surface area contributed by atoms with Gasteiger partial charge >= 0.3 is 17.8 Å². The lowest BCUT2D eigenvalue weighted by Crippen LogP contribution is -2.32. The van der Waals surface area contributed by atoms with Gasteiger partial charge in [-0.25, -0.2) is 10.2 Å². The van der Waals surface area contributed by atoms with E-state index in [9.17, 15) is 14.4 Å². The summed E-state index contributed by atoms with van der Waals surface area (Å²) in [4.78, 5) is 36.3.